The minimum atomic E-state index is 0.0102. The molecule has 6 heteroatoms. The molecule has 0 spiro atoms. The smallest absolute Gasteiger partial charge is 0.257 e. The van der Waals surface area contributed by atoms with E-state index in [1.54, 1.807) is 7.11 Å². The topological polar surface area (TPSA) is 59.7 Å². The molecular formula is C19H20N4O2. The van der Waals surface area contributed by atoms with Gasteiger partial charge in [-0.25, -0.2) is 0 Å². The molecule has 0 bridgehead atoms. The number of nitrogens with zero attached hydrogens (tertiary/aromatic N) is 4. The van der Waals surface area contributed by atoms with Crippen molar-refractivity contribution in [2.24, 2.45) is 0 Å². The second-order valence-corrected chi connectivity index (χ2v) is 6.28. The zero-order valence-electron chi connectivity index (χ0n) is 14.1. The monoisotopic (exact) mass is 336 g/mol. The van der Waals surface area contributed by atoms with Crippen LogP contribution in [0.2, 0.25) is 0 Å². The molecule has 1 atom stereocenters. The largest absolute Gasteiger partial charge is 0.496 e. The molecule has 2 aromatic heterocycles. The van der Waals surface area contributed by atoms with Gasteiger partial charge in [-0.05, 0) is 37.1 Å². The van der Waals surface area contributed by atoms with Crippen molar-refractivity contribution in [3.8, 4) is 5.75 Å². The van der Waals surface area contributed by atoms with Crippen molar-refractivity contribution in [2.45, 2.75) is 18.8 Å². The van der Waals surface area contributed by atoms with Crippen molar-refractivity contribution in [1.82, 2.24) is 19.5 Å². The predicted octanol–water partition coefficient (Wildman–Crippen LogP) is 2.76. The maximum absolute atomic E-state index is 13.0. The summed E-state index contributed by atoms with van der Waals surface area (Å²) in [6.07, 6.45) is 3.93. The predicted molar refractivity (Wildman–Crippen MR) is 93.9 cm³/mol. The average Bonchev–Trinajstić information content (AvgIpc) is 3.11. The molecule has 1 saturated heterocycles. The van der Waals surface area contributed by atoms with Gasteiger partial charge in [0.2, 0.25) is 0 Å². The van der Waals surface area contributed by atoms with Gasteiger partial charge in [0.05, 0.1) is 12.7 Å². The van der Waals surface area contributed by atoms with Crippen LogP contribution in [-0.2, 0) is 0 Å². The van der Waals surface area contributed by atoms with E-state index in [0.717, 1.165) is 30.9 Å². The van der Waals surface area contributed by atoms with E-state index in [2.05, 4.69) is 10.2 Å². The number of piperidine rings is 1. The fourth-order valence-electron chi connectivity index (χ4n) is 3.50. The molecule has 0 unspecified atom stereocenters. The number of likely N-dealkylation sites (tertiary alicyclic amines) is 1. The van der Waals surface area contributed by atoms with Crippen molar-refractivity contribution in [2.75, 3.05) is 20.2 Å². The lowest BCUT2D eigenvalue weighted by Crippen LogP contribution is -2.39. The maximum Gasteiger partial charge on any atom is 0.257 e. The zero-order valence-corrected chi connectivity index (χ0v) is 14.1. The molecule has 3 aromatic rings. The van der Waals surface area contributed by atoms with Gasteiger partial charge in [0.25, 0.3) is 5.91 Å². The number of ether oxygens (including phenoxy) is 1. The van der Waals surface area contributed by atoms with E-state index in [0.29, 0.717) is 17.9 Å². The number of methoxy groups -OCH3 is 1. The van der Waals surface area contributed by atoms with E-state index in [4.69, 9.17) is 4.74 Å². The number of carbonyl (C=O) groups excluding carboxylic acids is 1. The van der Waals surface area contributed by atoms with E-state index in [-0.39, 0.29) is 11.8 Å². The number of pyridine rings is 1. The second kappa shape index (κ2) is 6.55. The second-order valence-electron chi connectivity index (χ2n) is 6.28. The zero-order chi connectivity index (χ0) is 17.2. The number of fused-ring (bicyclic) bond motifs is 1. The van der Waals surface area contributed by atoms with Crippen LogP contribution in [0.4, 0.5) is 0 Å². The van der Waals surface area contributed by atoms with Crippen LogP contribution < -0.4 is 4.74 Å². The number of aromatic nitrogens is 3. The first kappa shape index (κ1) is 15.6. The van der Waals surface area contributed by atoms with E-state index in [1.807, 2.05) is 58.0 Å². The minimum Gasteiger partial charge on any atom is -0.496 e. The first-order valence-corrected chi connectivity index (χ1v) is 8.50. The standard InChI is InChI=1S/C19H20N4O2/c1-25-16-9-3-2-8-15(16)19(24)22-11-6-7-14(13-22)18-21-20-17-10-4-5-12-23(17)18/h2-5,8-10,12,14H,6-7,11,13H2,1H3/t14-/m0/s1. The van der Waals surface area contributed by atoms with Gasteiger partial charge in [-0.15, -0.1) is 10.2 Å². The summed E-state index contributed by atoms with van der Waals surface area (Å²) in [5, 5.41) is 8.61. The van der Waals surface area contributed by atoms with E-state index >= 15 is 0 Å². The van der Waals surface area contributed by atoms with Crippen LogP contribution in [0.1, 0.15) is 34.9 Å². The summed E-state index contributed by atoms with van der Waals surface area (Å²) >= 11 is 0. The van der Waals surface area contributed by atoms with Gasteiger partial charge in [0.1, 0.15) is 11.6 Å². The van der Waals surface area contributed by atoms with Crippen LogP contribution >= 0.6 is 0 Å². The number of amides is 1. The summed E-state index contributed by atoms with van der Waals surface area (Å²) in [6, 6.07) is 13.2. The maximum atomic E-state index is 13.0. The Labute approximate surface area is 146 Å². The molecule has 0 aliphatic carbocycles. The third-order valence-corrected chi connectivity index (χ3v) is 4.75. The number of para-hydroxylation sites is 1. The number of rotatable bonds is 3. The summed E-state index contributed by atoms with van der Waals surface area (Å²) in [5.41, 5.74) is 1.45. The van der Waals surface area contributed by atoms with Crippen LogP contribution in [0.25, 0.3) is 5.65 Å². The fraction of sp³-hybridized carbons (Fsp3) is 0.316. The molecular weight excluding hydrogens is 316 g/mol. The summed E-state index contributed by atoms with van der Waals surface area (Å²) < 4.78 is 7.36. The SMILES string of the molecule is COc1ccccc1C(=O)N1CCC[C@H](c2nnc3ccccn23)C1. The van der Waals surface area contributed by atoms with Gasteiger partial charge in [-0.3, -0.25) is 9.20 Å². The Kier molecular flexibility index (Phi) is 4.09. The number of hydrogen-bond acceptors (Lipinski definition) is 4. The Balaban J connectivity index is 1.60. The Hall–Kier alpha value is -2.89. The van der Waals surface area contributed by atoms with Crippen LogP contribution in [0, 0.1) is 0 Å². The summed E-state index contributed by atoms with van der Waals surface area (Å²) in [4.78, 5) is 14.9. The van der Waals surface area contributed by atoms with E-state index in [9.17, 15) is 4.79 Å². The molecule has 6 nitrogen and oxygen atoms in total. The molecule has 0 saturated carbocycles. The normalized spacial score (nSPS) is 17.6. The number of hydrogen-bond donors (Lipinski definition) is 0. The van der Waals surface area contributed by atoms with Gasteiger partial charge >= 0.3 is 0 Å². The molecule has 1 amide bonds. The summed E-state index contributed by atoms with van der Waals surface area (Å²) in [7, 11) is 1.59. The van der Waals surface area contributed by atoms with Crippen LogP contribution in [0.15, 0.2) is 48.7 Å². The summed E-state index contributed by atoms with van der Waals surface area (Å²) in [6.45, 7) is 1.40. The third-order valence-electron chi connectivity index (χ3n) is 4.75. The van der Waals surface area contributed by atoms with E-state index < -0.39 is 0 Å². The van der Waals surface area contributed by atoms with Crippen molar-refractivity contribution < 1.29 is 9.53 Å². The van der Waals surface area contributed by atoms with Gasteiger partial charge in [-0.1, -0.05) is 18.2 Å². The average molecular weight is 336 g/mol. The van der Waals surface area contributed by atoms with Crippen molar-refractivity contribution in [3.05, 3.63) is 60.0 Å². The molecule has 1 aliphatic heterocycles. The number of carbonyl (C=O) groups is 1. The highest BCUT2D eigenvalue weighted by atomic mass is 16.5. The molecule has 3 heterocycles. The first-order valence-electron chi connectivity index (χ1n) is 8.50. The highest BCUT2D eigenvalue weighted by Crippen LogP contribution is 2.28. The van der Waals surface area contributed by atoms with Gasteiger partial charge in [0, 0.05) is 25.2 Å². The fourth-order valence-corrected chi connectivity index (χ4v) is 3.50. The van der Waals surface area contributed by atoms with Crippen molar-refractivity contribution >= 4 is 11.6 Å². The molecule has 1 fully saturated rings. The van der Waals surface area contributed by atoms with E-state index in [1.165, 1.54) is 0 Å². The lowest BCUT2D eigenvalue weighted by molar-refractivity contribution is 0.0701. The quantitative estimate of drug-likeness (QED) is 0.738. The Morgan fingerprint density at radius 1 is 1.16 bits per heavy atom. The highest BCUT2D eigenvalue weighted by Gasteiger charge is 2.29. The van der Waals surface area contributed by atoms with Crippen molar-refractivity contribution in [1.29, 1.82) is 0 Å². The minimum absolute atomic E-state index is 0.0102. The lowest BCUT2D eigenvalue weighted by atomic mass is 9.96. The van der Waals surface area contributed by atoms with Crippen molar-refractivity contribution in [3.63, 3.8) is 0 Å². The molecule has 0 radical (unpaired) electrons. The van der Waals surface area contributed by atoms with Gasteiger partial charge < -0.3 is 9.64 Å². The molecule has 0 N–H and O–H groups in total. The van der Waals surface area contributed by atoms with Gasteiger partial charge in [-0.2, -0.15) is 0 Å². The molecule has 4 rings (SSSR count). The third kappa shape index (κ3) is 2.84. The summed E-state index contributed by atoms with van der Waals surface area (Å²) in [5.74, 6) is 1.73. The Morgan fingerprint density at radius 3 is 2.88 bits per heavy atom. The van der Waals surface area contributed by atoms with Crippen LogP contribution in [0.3, 0.4) is 0 Å². The molecule has 1 aliphatic rings. The van der Waals surface area contributed by atoms with Crippen LogP contribution in [-0.4, -0.2) is 45.6 Å². The van der Waals surface area contributed by atoms with Gasteiger partial charge in [0.15, 0.2) is 5.65 Å². The molecule has 25 heavy (non-hydrogen) atoms. The highest BCUT2D eigenvalue weighted by molar-refractivity contribution is 5.97. The lowest BCUT2D eigenvalue weighted by Gasteiger charge is -2.32. The Morgan fingerprint density at radius 2 is 2.00 bits per heavy atom. The number of benzene rings is 1. The van der Waals surface area contributed by atoms with Crippen LogP contribution in [0.5, 0.6) is 5.75 Å². The Bertz CT molecular complexity index is 905. The first-order chi connectivity index (χ1) is 12.3. The molecule has 128 valence electrons. The molecule has 1 aromatic carbocycles.